The molecule has 1 N–H and O–H groups in total. The topological polar surface area (TPSA) is 56.2 Å². The molecule has 4 aromatic carbocycles. The summed E-state index contributed by atoms with van der Waals surface area (Å²) >= 11 is 0. The molecule has 0 bridgehead atoms. The summed E-state index contributed by atoms with van der Waals surface area (Å²) in [7, 11) is 0. The van der Waals surface area contributed by atoms with E-state index < -0.39 is 0 Å². The molecule has 1 aromatic heterocycles. The minimum Gasteiger partial charge on any atom is -0.493 e. The van der Waals surface area contributed by atoms with E-state index in [9.17, 15) is 4.79 Å². The number of nitrogens with one attached hydrogen (secondary N) is 1. The summed E-state index contributed by atoms with van der Waals surface area (Å²) in [6.07, 6.45) is 0.814. The molecular formula is C31H31N3O2. The quantitative estimate of drug-likeness (QED) is 0.251. The van der Waals surface area contributed by atoms with Crippen molar-refractivity contribution in [1.29, 1.82) is 0 Å². The van der Waals surface area contributed by atoms with Gasteiger partial charge in [0.15, 0.2) is 0 Å². The summed E-state index contributed by atoms with van der Waals surface area (Å²) in [5.41, 5.74) is 4.79. The third-order valence-corrected chi connectivity index (χ3v) is 6.58. The number of benzene rings is 4. The Morgan fingerprint density at radius 1 is 0.972 bits per heavy atom. The van der Waals surface area contributed by atoms with Gasteiger partial charge >= 0.3 is 0 Å². The summed E-state index contributed by atoms with van der Waals surface area (Å²) in [6.45, 7) is 7.32. The lowest BCUT2D eigenvalue weighted by molar-refractivity contribution is 0.0937. The molecule has 0 fully saturated rings. The maximum atomic E-state index is 13.0. The highest BCUT2D eigenvalue weighted by atomic mass is 16.5. The molecule has 0 aliphatic heterocycles. The van der Waals surface area contributed by atoms with Crippen LogP contribution in [0.15, 0.2) is 84.9 Å². The summed E-state index contributed by atoms with van der Waals surface area (Å²) in [5.74, 6) is 1.66. The molecule has 5 aromatic rings. The first-order chi connectivity index (χ1) is 17.5. The van der Waals surface area contributed by atoms with E-state index in [0.29, 0.717) is 12.2 Å². The molecule has 5 rings (SSSR count). The van der Waals surface area contributed by atoms with Crippen LogP contribution in [-0.4, -0.2) is 22.1 Å². The standard InChI is InChI=1S/C31H31N3O2/c1-21-16-17-25(22(2)20-21)31(35)32-23(3)30-33-27-13-6-7-14-28(27)34(30)18-9-19-36-29-15-8-11-24-10-4-5-12-26(24)29/h4-8,10-17,20,23H,9,18-19H2,1-3H3,(H,32,35). The van der Waals surface area contributed by atoms with Crippen LogP contribution in [0.25, 0.3) is 21.8 Å². The molecular weight excluding hydrogens is 446 g/mol. The van der Waals surface area contributed by atoms with Crippen LogP contribution in [0.4, 0.5) is 0 Å². The van der Waals surface area contributed by atoms with Crippen LogP contribution in [0.1, 0.15) is 46.7 Å². The Balaban J connectivity index is 1.32. The zero-order valence-corrected chi connectivity index (χ0v) is 21.0. The van der Waals surface area contributed by atoms with E-state index in [4.69, 9.17) is 9.72 Å². The van der Waals surface area contributed by atoms with Crippen LogP contribution in [-0.2, 0) is 6.54 Å². The van der Waals surface area contributed by atoms with Crippen molar-refractivity contribution in [2.75, 3.05) is 6.61 Å². The number of para-hydroxylation sites is 2. The van der Waals surface area contributed by atoms with Gasteiger partial charge in [-0.1, -0.05) is 66.2 Å². The van der Waals surface area contributed by atoms with Gasteiger partial charge in [0.05, 0.1) is 23.7 Å². The summed E-state index contributed by atoms with van der Waals surface area (Å²) in [6, 6.07) is 28.2. The first-order valence-corrected chi connectivity index (χ1v) is 12.4. The maximum absolute atomic E-state index is 13.0. The second kappa shape index (κ2) is 10.2. The van der Waals surface area contributed by atoms with Crippen LogP contribution < -0.4 is 10.1 Å². The Labute approximate surface area is 211 Å². The minimum atomic E-state index is -0.246. The Morgan fingerprint density at radius 3 is 2.61 bits per heavy atom. The molecule has 5 nitrogen and oxygen atoms in total. The number of ether oxygens (including phenoxy) is 1. The number of nitrogens with zero attached hydrogens (tertiary/aromatic N) is 2. The number of hydrogen-bond acceptors (Lipinski definition) is 3. The maximum Gasteiger partial charge on any atom is 0.252 e. The number of aryl methyl sites for hydroxylation is 3. The van der Waals surface area contributed by atoms with Crippen molar-refractivity contribution in [1.82, 2.24) is 14.9 Å². The molecule has 0 aliphatic carbocycles. The summed E-state index contributed by atoms with van der Waals surface area (Å²) in [4.78, 5) is 17.9. The molecule has 1 atom stereocenters. The Bertz CT molecular complexity index is 1530. The van der Waals surface area contributed by atoms with Crippen LogP contribution in [0.2, 0.25) is 0 Å². The SMILES string of the molecule is Cc1ccc(C(=O)NC(C)c2nc3ccccc3n2CCCOc2cccc3ccccc23)c(C)c1. The zero-order chi connectivity index (χ0) is 25.1. The Kier molecular flexibility index (Phi) is 6.72. The molecule has 0 saturated carbocycles. The van der Waals surface area contributed by atoms with Crippen LogP contribution in [0.5, 0.6) is 5.75 Å². The minimum absolute atomic E-state index is 0.0853. The van der Waals surface area contributed by atoms with E-state index in [0.717, 1.165) is 52.1 Å². The van der Waals surface area contributed by atoms with Crippen molar-refractivity contribution in [2.24, 2.45) is 0 Å². The Morgan fingerprint density at radius 2 is 1.75 bits per heavy atom. The van der Waals surface area contributed by atoms with Crippen molar-refractivity contribution in [3.63, 3.8) is 0 Å². The van der Waals surface area contributed by atoms with Crippen LogP contribution in [0, 0.1) is 13.8 Å². The number of carbonyl (C=O) groups is 1. The van der Waals surface area contributed by atoms with Gasteiger partial charge in [0.25, 0.3) is 5.91 Å². The van der Waals surface area contributed by atoms with E-state index >= 15 is 0 Å². The van der Waals surface area contributed by atoms with Gasteiger partial charge in [-0.3, -0.25) is 4.79 Å². The van der Waals surface area contributed by atoms with Gasteiger partial charge in [-0.05, 0) is 62.4 Å². The predicted molar refractivity (Wildman–Crippen MR) is 146 cm³/mol. The van der Waals surface area contributed by atoms with Gasteiger partial charge in [-0.25, -0.2) is 4.98 Å². The molecule has 1 heterocycles. The van der Waals surface area contributed by atoms with Gasteiger partial charge in [0.1, 0.15) is 11.6 Å². The molecule has 0 radical (unpaired) electrons. The first-order valence-electron chi connectivity index (χ1n) is 12.4. The molecule has 5 heteroatoms. The number of carbonyl (C=O) groups excluding carboxylic acids is 1. The fourth-order valence-corrected chi connectivity index (χ4v) is 4.79. The molecule has 0 saturated heterocycles. The van der Waals surface area contributed by atoms with Gasteiger partial charge in [0.2, 0.25) is 0 Å². The smallest absolute Gasteiger partial charge is 0.252 e. The van der Waals surface area contributed by atoms with Crippen LogP contribution in [0.3, 0.4) is 0 Å². The van der Waals surface area contributed by atoms with E-state index in [1.54, 1.807) is 0 Å². The number of fused-ring (bicyclic) bond motifs is 2. The fourth-order valence-electron chi connectivity index (χ4n) is 4.79. The highest BCUT2D eigenvalue weighted by Crippen LogP contribution is 2.26. The number of hydrogen-bond donors (Lipinski definition) is 1. The van der Waals surface area contributed by atoms with Crippen molar-refractivity contribution < 1.29 is 9.53 Å². The van der Waals surface area contributed by atoms with Gasteiger partial charge in [-0.15, -0.1) is 0 Å². The van der Waals surface area contributed by atoms with Gasteiger partial charge in [0, 0.05) is 17.5 Å². The van der Waals surface area contributed by atoms with E-state index in [-0.39, 0.29) is 11.9 Å². The van der Waals surface area contributed by atoms with Gasteiger partial charge < -0.3 is 14.6 Å². The van der Waals surface area contributed by atoms with Crippen molar-refractivity contribution >= 4 is 27.7 Å². The number of rotatable bonds is 8. The Hall–Kier alpha value is -4.12. The average molecular weight is 478 g/mol. The van der Waals surface area contributed by atoms with Crippen LogP contribution >= 0.6 is 0 Å². The molecule has 36 heavy (non-hydrogen) atoms. The molecule has 1 amide bonds. The average Bonchev–Trinajstić information content (AvgIpc) is 3.25. The lowest BCUT2D eigenvalue weighted by atomic mass is 10.0. The van der Waals surface area contributed by atoms with Gasteiger partial charge in [-0.2, -0.15) is 0 Å². The molecule has 0 aliphatic rings. The third kappa shape index (κ3) is 4.82. The number of imidazole rings is 1. The lowest BCUT2D eigenvalue weighted by Crippen LogP contribution is -2.29. The number of aromatic nitrogens is 2. The van der Waals surface area contributed by atoms with E-state index in [1.165, 1.54) is 5.39 Å². The molecule has 1 unspecified atom stereocenters. The van der Waals surface area contributed by atoms with Crippen molar-refractivity contribution in [3.8, 4) is 5.75 Å². The largest absolute Gasteiger partial charge is 0.493 e. The summed E-state index contributed by atoms with van der Waals surface area (Å²) in [5, 5.41) is 5.45. The second-order valence-corrected chi connectivity index (χ2v) is 9.30. The molecule has 0 spiro atoms. The highest BCUT2D eigenvalue weighted by Gasteiger charge is 2.20. The number of amides is 1. The van der Waals surface area contributed by atoms with E-state index in [1.807, 2.05) is 81.4 Å². The normalized spacial score (nSPS) is 12.1. The predicted octanol–water partition coefficient (Wildman–Crippen LogP) is 6.77. The zero-order valence-electron chi connectivity index (χ0n) is 21.0. The third-order valence-electron chi connectivity index (χ3n) is 6.58. The fraction of sp³-hybridized carbons (Fsp3) is 0.226. The van der Waals surface area contributed by atoms with Crippen molar-refractivity contribution in [3.05, 3.63) is 107 Å². The monoisotopic (exact) mass is 477 g/mol. The highest BCUT2D eigenvalue weighted by molar-refractivity contribution is 5.96. The van der Waals surface area contributed by atoms with E-state index in [2.05, 4.69) is 34.1 Å². The molecule has 182 valence electrons. The van der Waals surface area contributed by atoms with Crippen molar-refractivity contribution in [2.45, 2.75) is 39.8 Å². The summed E-state index contributed by atoms with van der Waals surface area (Å²) < 4.78 is 8.37. The second-order valence-electron chi connectivity index (χ2n) is 9.30. The lowest BCUT2D eigenvalue weighted by Gasteiger charge is -2.17. The first kappa shape index (κ1) is 23.6.